The molecule has 1 aromatic carbocycles. The summed E-state index contributed by atoms with van der Waals surface area (Å²) in [6.45, 7) is 2.36. The molecule has 0 amide bonds. The first-order valence-electron chi connectivity index (χ1n) is 4.44. The van der Waals surface area contributed by atoms with E-state index in [1.54, 1.807) is 6.07 Å². The minimum absolute atomic E-state index is 0.521. The summed E-state index contributed by atoms with van der Waals surface area (Å²) in [5.74, 6) is 1.29. The first-order valence-corrected chi connectivity index (χ1v) is 4.44. The molecule has 14 heavy (non-hydrogen) atoms. The Balaban J connectivity index is 1.95. The van der Waals surface area contributed by atoms with Gasteiger partial charge in [-0.3, -0.25) is 0 Å². The fourth-order valence-corrected chi connectivity index (χ4v) is 1.14. The van der Waals surface area contributed by atoms with E-state index in [-0.39, 0.29) is 0 Å². The molecule has 1 heterocycles. The quantitative estimate of drug-likeness (QED) is 0.744. The maximum absolute atomic E-state index is 5.41. The van der Waals surface area contributed by atoms with Gasteiger partial charge in [-0.15, -0.1) is 0 Å². The maximum atomic E-state index is 5.41. The second kappa shape index (κ2) is 3.96. The fraction of sp³-hybridized carbons (Fsp3) is 0.182. The van der Waals surface area contributed by atoms with Crippen molar-refractivity contribution in [1.82, 2.24) is 5.16 Å². The van der Waals surface area contributed by atoms with Crippen molar-refractivity contribution in [1.29, 1.82) is 0 Å². The second-order valence-corrected chi connectivity index (χ2v) is 3.05. The summed E-state index contributed by atoms with van der Waals surface area (Å²) < 4.78 is 10.3. The number of ether oxygens (including phenoxy) is 1. The van der Waals surface area contributed by atoms with Gasteiger partial charge in [0.25, 0.3) is 5.88 Å². The largest absolute Gasteiger partial charge is 0.471 e. The van der Waals surface area contributed by atoms with Crippen LogP contribution >= 0.6 is 0 Å². The molecule has 0 aliphatic carbocycles. The molecule has 0 spiro atoms. The van der Waals surface area contributed by atoms with E-state index in [9.17, 15) is 0 Å². The van der Waals surface area contributed by atoms with Crippen LogP contribution in [-0.4, -0.2) is 5.16 Å². The van der Waals surface area contributed by atoms with Crippen LogP contribution in [0.2, 0.25) is 0 Å². The van der Waals surface area contributed by atoms with Crippen molar-refractivity contribution < 1.29 is 9.26 Å². The second-order valence-electron chi connectivity index (χ2n) is 3.05. The van der Waals surface area contributed by atoms with Crippen LogP contribution in [-0.2, 0) is 6.61 Å². The summed E-state index contributed by atoms with van der Waals surface area (Å²) in [7, 11) is 0. The Bertz CT molecular complexity index is 395. The molecule has 0 aliphatic rings. The van der Waals surface area contributed by atoms with Gasteiger partial charge >= 0.3 is 0 Å². The van der Waals surface area contributed by atoms with Crippen LogP contribution in [0.15, 0.2) is 40.9 Å². The number of hydrogen-bond donors (Lipinski definition) is 0. The third-order valence-corrected chi connectivity index (χ3v) is 1.84. The Morgan fingerprint density at radius 1 is 1.29 bits per heavy atom. The molecular formula is C11H11NO2. The molecule has 3 heteroatoms. The first-order chi connectivity index (χ1) is 6.84. The molecule has 72 valence electrons. The highest BCUT2D eigenvalue weighted by Crippen LogP contribution is 2.11. The predicted octanol–water partition coefficient (Wildman–Crippen LogP) is 2.56. The van der Waals surface area contributed by atoms with Gasteiger partial charge in [0, 0.05) is 6.07 Å². The van der Waals surface area contributed by atoms with Gasteiger partial charge in [-0.25, -0.2) is 0 Å². The first kappa shape index (κ1) is 8.81. The molecule has 0 aliphatic heterocycles. The minimum atomic E-state index is 0.521. The van der Waals surface area contributed by atoms with E-state index < -0.39 is 0 Å². The van der Waals surface area contributed by atoms with Crippen molar-refractivity contribution in [2.24, 2.45) is 0 Å². The highest BCUT2D eigenvalue weighted by atomic mass is 16.5. The molecule has 0 N–H and O–H groups in total. The van der Waals surface area contributed by atoms with Crippen molar-refractivity contribution in [3.05, 3.63) is 47.7 Å². The fourth-order valence-electron chi connectivity index (χ4n) is 1.14. The maximum Gasteiger partial charge on any atom is 0.254 e. The Morgan fingerprint density at radius 2 is 2.07 bits per heavy atom. The van der Waals surface area contributed by atoms with E-state index in [0.29, 0.717) is 12.5 Å². The lowest BCUT2D eigenvalue weighted by Gasteiger charge is -2.00. The minimum Gasteiger partial charge on any atom is -0.471 e. The van der Waals surface area contributed by atoms with E-state index in [1.807, 2.05) is 37.3 Å². The number of aromatic nitrogens is 1. The van der Waals surface area contributed by atoms with Crippen molar-refractivity contribution in [3.63, 3.8) is 0 Å². The lowest BCUT2D eigenvalue weighted by atomic mass is 10.2. The van der Waals surface area contributed by atoms with E-state index in [0.717, 1.165) is 11.3 Å². The monoisotopic (exact) mass is 189 g/mol. The van der Waals surface area contributed by atoms with Crippen molar-refractivity contribution in [2.45, 2.75) is 13.5 Å². The molecule has 0 bridgehead atoms. The zero-order valence-electron chi connectivity index (χ0n) is 7.93. The molecule has 0 fully saturated rings. The number of rotatable bonds is 3. The van der Waals surface area contributed by atoms with E-state index in [1.165, 1.54) is 0 Å². The van der Waals surface area contributed by atoms with Crippen molar-refractivity contribution in [2.75, 3.05) is 0 Å². The van der Waals surface area contributed by atoms with Crippen LogP contribution < -0.4 is 4.74 Å². The van der Waals surface area contributed by atoms with Crippen molar-refractivity contribution >= 4 is 0 Å². The van der Waals surface area contributed by atoms with Gasteiger partial charge in [0.1, 0.15) is 12.4 Å². The van der Waals surface area contributed by atoms with Gasteiger partial charge in [-0.1, -0.05) is 30.3 Å². The Hall–Kier alpha value is -1.77. The Labute approximate surface area is 82.3 Å². The molecule has 2 rings (SSSR count). The number of aryl methyl sites for hydroxylation is 1. The van der Waals surface area contributed by atoms with Gasteiger partial charge < -0.3 is 9.26 Å². The lowest BCUT2D eigenvalue weighted by molar-refractivity contribution is 0.267. The molecule has 0 unspecified atom stereocenters. The summed E-state index contributed by atoms with van der Waals surface area (Å²) >= 11 is 0. The topological polar surface area (TPSA) is 35.3 Å². The number of nitrogens with zero attached hydrogens (tertiary/aromatic N) is 1. The molecule has 0 radical (unpaired) electrons. The Kier molecular flexibility index (Phi) is 2.49. The summed E-state index contributed by atoms with van der Waals surface area (Å²) in [5.41, 5.74) is 1.12. The highest BCUT2D eigenvalue weighted by Gasteiger charge is 2.00. The molecule has 0 saturated heterocycles. The van der Waals surface area contributed by atoms with Gasteiger partial charge in [-0.05, 0) is 17.6 Å². The summed E-state index contributed by atoms with van der Waals surface area (Å²) in [5, 5.41) is 3.73. The van der Waals surface area contributed by atoms with Gasteiger partial charge in [0.2, 0.25) is 0 Å². The molecule has 2 aromatic rings. The Morgan fingerprint density at radius 3 is 2.71 bits per heavy atom. The summed E-state index contributed by atoms with van der Waals surface area (Å²) in [6, 6.07) is 11.7. The van der Waals surface area contributed by atoms with E-state index in [4.69, 9.17) is 9.26 Å². The predicted molar refractivity (Wildman–Crippen MR) is 52.0 cm³/mol. The normalized spacial score (nSPS) is 10.1. The zero-order chi connectivity index (χ0) is 9.80. The van der Waals surface area contributed by atoms with Gasteiger partial charge in [-0.2, -0.15) is 0 Å². The average molecular weight is 189 g/mol. The smallest absolute Gasteiger partial charge is 0.254 e. The van der Waals surface area contributed by atoms with Crippen LogP contribution in [0.3, 0.4) is 0 Å². The van der Waals surface area contributed by atoms with Crippen molar-refractivity contribution in [3.8, 4) is 5.88 Å². The number of hydrogen-bond acceptors (Lipinski definition) is 3. The SMILES string of the molecule is Cc1cc(OCc2ccccc2)no1. The standard InChI is InChI=1S/C11H11NO2/c1-9-7-11(12-14-9)13-8-10-5-3-2-4-6-10/h2-7H,8H2,1H3. The van der Waals surface area contributed by atoms with Crippen LogP contribution in [0.4, 0.5) is 0 Å². The third-order valence-electron chi connectivity index (χ3n) is 1.84. The van der Waals surface area contributed by atoms with Crippen LogP contribution in [0.5, 0.6) is 5.88 Å². The molecule has 0 atom stereocenters. The van der Waals surface area contributed by atoms with E-state index >= 15 is 0 Å². The molecule has 1 aromatic heterocycles. The summed E-state index contributed by atoms with van der Waals surface area (Å²) in [6.07, 6.45) is 0. The lowest BCUT2D eigenvalue weighted by Crippen LogP contribution is -1.94. The highest BCUT2D eigenvalue weighted by molar-refractivity contribution is 5.15. The molecule has 3 nitrogen and oxygen atoms in total. The van der Waals surface area contributed by atoms with E-state index in [2.05, 4.69) is 5.16 Å². The average Bonchev–Trinajstić information content (AvgIpc) is 2.63. The van der Waals surface area contributed by atoms with Crippen LogP contribution in [0.1, 0.15) is 11.3 Å². The molecular weight excluding hydrogens is 178 g/mol. The van der Waals surface area contributed by atoms with Gasteiger partial charge in [0.05, 0.1) is 0 Å². The van der Waals surface area contributed by atoms with Crippen LogP contribution in [0, 0.1) is 6.92 Å². The zero-order valence-corrected chi connectivity index (χ0v) is 7.93. The number of benzene rings is 1. The van der Waals surface area contributed by atoms with Crippen LogP contribution in [0.25, 0.3) is 0 Å². The summed E-state index contributed by atoms with van der Waals surface area (Å²) in [4.78, 5) is 0. The molecule has 0 saturated carbocycles. The van der Waals surface area contributed by atoms with Gasteiger partial charge in [0.15, 0.2) is 0 Å². The third kappa shape index (κ3) is 2.13.